The van der Waals surface area contributed by atoms with Crippen molar-refractivity contribution in [2.75, 3.05) is 5.32 Å². The van der Waals surface area contributed by atoms with Crippen LogP contribution < -0.4 is 10.6 Å². The van der Waals surface area contributed by atoms with Crippen LogP contribution in [0.15, 0.2) is 47.1 Å². The molecule has 0 saturated heterocycles. The normalized spacial score (nSPS) is 15.1. The first-order chi connectivity index (χ1) is 11.5. The van der Waals surface area contributed by atoms with Crippen molar-refractivity contribution in [1.29, 1.82) is 0 Å². The number of carbonyl (C=O) groups is 2. The first kappa shape index (κ1) is 16.3. The molecule has 1 aromatic heterocycles. The van der Waals surface area contributed by atoms with Gasteiger partial charge in [0.2, 0.25) is 11.8 Å². The lowest BCUT2D eigenvalue weighted by molar-refractivity contribution is -0.134. The summed E-state index contributed by atoms with van der Waals surface area (Å²) in [6.45, 7) is 4.45. The molecule has 1 saturated carbocycles. The van der Waals surface area contributed by atoms with Gasteiger partial charge in [-0.25, -0.2) is 0 Å². The van der Waals surface area contributed by atoms with Gasteiger partial charge in [0.25, 0.3) is 0 Å². The van der Waals surface area contributed by atoms with E-state index >= 15 is 0 Å². The number of carbonyl (C=O) groups excluding carboxylic acids is 2. The van der Waals surface area contributed by atoms with E-state index in [1.165, 1.54) is 0 Å². The Morgan fingerprint density at radius 2 is 1.88 bits per heavy atom. The van der Waals surface area contributed by atoms with Gasteiger partial charge < -0.3 is 15.1 Å². The average Bonchev–Trinajstić information content (AvgIpc) is 3.22. The Morgan fingerprint density at radius 1 is 1.12 bits per heavy atom. The number of hydrogen-bond donors (Lipinski definition) is 2. The molecule has 1 heterocycles. The maximum atomic E-state index is 12.7. The number of nitrogens with one attached hydrogen (secondary N) is 2. The van der Waals surface area contributed by atoms with Crippen LogP contribution in [-0.2, 0) is 16.1 Å². The summed E-state index contributed by atoms with van der Waals surface area (Å²) in [6, 6.07) is 11.3. The van der Waals surface area contributed by atoms with Crippen LogP contribution in [0.1, 0.15) is 43.9 Å². The Labute approximate surface area is 141 Å². The van der Waals surface area contributed by atoms with Crippen LogP contribution in [0.2, 0.25) is 0 Å². The predicted molar refractivity (Wildman–Crippen MR) is 91.4 cm³/mol. The van der Waals surface area contributed by atoms with Crippen LogP contribution in [0.4, 0.5) is 5.69 Å². The van der Waals surface area contributed by atoms with E-state index in [-0.39, 0.29) is 11.8 Å². The summed E-state index contributed by atoms with van der Waals surface area (Å²) in [5.74, 6) is 0.500. The molecule has 5 heteroatoms. The Hall–Kier alpha value is -2.56. The van der Waals surface area contributed by atoms with E-state index < -0.39 is 5.41 Å². The highest BCUT2D eigenvalue weighted by Crippen LogP contribution is 2.47. The standard InChI is InChI=1S/C19H22N2O3/c1-13(2)15-7-3-4-8-16(15)21-18(23)19(9-10-19)17(22)20-12-14-6-5-11-24-14/h3-8,11,13H,9-10,12H2,1-2H3,(H,20,22)(H,21,23). The quantitative estimate of drug-likeness (QED) is 0.799. The second kappa shape index (κ2) is 6.51. The maximum Gasteiger partial charge on any atom is 0.240 e. The molecule has 126 valence electrons. The molecule has 0 atom stereocenters. The number of para-hydroxylation sites is 1. The molecule has 1 aliphatic rings. The molecular formula is C19H22N2O3. The van der Waals surface area contributed by atoms with Crippen molar-refractivity contribution in [3.63, 3.8) is 0 Å². The zero-order valence-electron chi connectivity index (χ0n) is 14.0. The number of benzene rings is 1. The summed E-state index contributed by atoms with van der Waals surface area (Å²) >= 11 is 0. The number of amides is 2. The van der Waals surface area contributed by atoms with Crippen LogP contribution in [0, 0.1) is 5.41 Å². The van der Waals surface area contributed by atoms with Crippen molar-refractivity contribution in [2.24, 2.45) is 5.41 Å². The lowest BCUT2D eigenvalue weighted by atomic mass is 9.99. The molecule has 0 radical (unpaired) electrons. The van der Waals surface area contributed by atoms with Crippen LogP contribution in [0.25, 0.3) is 0 Å². The van der Waals surface area contributed by atoms with Gasteiger partial charge in [0, 0.05) is 5.69 Å². The lowest BCUT2D eigenvalue weighted by Gasteiger charge is -2.18. The summed E-state index contributed by atoms with van der Waals surface area (Å²) in [5.41, 5.74) is 0.900. The maximum absolute atomic E-state index is 12.7. The fraction of sp³-hybridized carbons (Fsp3) is 0.368. The van der Waals surface area contributed by atoms with Gasteiger partial charge in [-0.15, -0.1) is 0 Å². The van der Waals surface area contributed by atoms with Crippen LogP contribution in [0.3, 0.4) is 0 Å². The topological polar surface area (TPSA) is 71.3 Å². The molecule has 0 spiro atoms. The lowest BCUT2D eigenvalue weighted by Crippen LogP contribution is -2.39. The van der Waals surface area contributed by atoms with E-state index in [2.05, 4.69) is 24.5 Å². The molecule has 1 aliphatic carbocycles. The minimum absolute atomic E-state index is 0.229. The number of hydrogen-bond acceptors (Lipinski definition) is 3. The number of rotatable bonds is 6. The van der Waals surface area contributed by atoms with Crippen molar-refractivity contribution in [3.8, 4) is 0 Å². The molecule has 2 aromatic rings. The molecule has 0 aliphatic heterocycles. The van der Waals surface area contributed by atoms with E-state index in [9.17, 15) is 9.59 Å². The first-order valence-electron chi connectivity index (χ1n) is 8.24. The monoisotopic (exact) mass is 326 g/mol. The SMILES string of the molecule is CC(C)c1ccccc1NC(=O)C1(C(=O)NCc2ccco2)CC1. The number of anilines is 1. The highest BCUT2D eigenvalue weighted by Gasteiger charge is 2.56. The van der Waals surface area contributed by atoms with Gasteiger partial charge in [-0.2, -0.15) is 0 Å². The van der Waals surface area contributed by atoms with Crippen LogP contribution in [-0.4, -0.2) is 11.8 Å². The fourth-order valence-electron chi connectivity index (χ4n) is 2.79. The Bertz CT molecular complexity index is 731. The van der Waals surface area contributed by atoms with Gasteiger partial charge in [-0.3, -0.25) is 9.59 Å². The molecule has 1 aromatic carbocycles. The minimum Gasteiger partial charge on any atom is -0.467 e. The smallest absolute Gasteiger partial charge is 0.240 e. The summed E-state index contributed by atoms with van der Waals surface area (Å²) in [6.07, 6.45) is 2.71. The first-order valence-corrected chi connectivity index (χ1v) is 8.24. The molecule has 0 unspecified atom stereocenters. The predicted octanol–water partition coefficient (Wildman–Crippen LogP) is 3.44. The van der Waals surface area contributed by atoms with E-state index in [1.54, 1.807) is 18.4 Å². The second-order valence-electron chi connectivity index (χ2n) is 6.54. The van der Waals surface area contributed by atoms with Crippen molar-refractivity contribution >= 4 is 17.5 Å². The molecule has 2 amide bonds. The molecule has 24 heavy (non-hydrogen) atoms. The average molecular weight is 326 g/mol. The Balaban J connectivity index is 1.67. The fourth-order valence-corrected chi connectivity index (χ4v) is 2.79. The van der Waals surface area contributed by atoms with Gasteiger partial charge in [0.05, 0.1) is 12.8 Å². The zero-order valence-corrected chi connectivity index (χ0v) is 14.0. The number of furan rings is 1. The van der Waals surface area contributed by atoms with Gasteiger partial charge in [-0.05, 0) is 42.5 Å². The Kier molecular flexibility index (Phi) is 4.42. The second-order valence-corrected chi connectivity index (χ2v) is 6.54. The van der Waals surface area contributed by atoms with Crippen molar-refractivity contribution in [2.45, 2.75) is 39.2 Å². The molecule has 0 bridgehead atoms. The third kappa shape index (κ3) is 3.20. The summed E-state index contributed by atoms with van der Waals surface area (Å²) in [4.78, 5) is 25.1. The van der Waals surface area contributed by atoms with E-state index in [0.717, 1.165) is 11.3 Å². The molecule has 2 N–H and O–H groups in total. The van der Waals surface area contributed by atoms with Gasteiger partial charge in [0.1, 0.15) is 11.2 Å². The summed E-state index contributed by atoms with van der Waals surface area (Å²) in [7, 11) is 0. The molecular weight excluding hydrogens is 304 g/mol. The molecule has 1 fully saturated rings. The largest absolute Gasteiger partial charge is 0.467 e. The highest BCUT2D eigenvalue weighted by molar-refractivity contribution is 6.13. The summed E-state index contributed by atoms with van der Waals surface area (Å²) in [5, 5.41) is 5.74. The van der Waals surface area contributed by atoms with Gasteiger partial charge in [0.15, 0.2) is 0 Å². The minimum atomic E-state index is -0.948. The van der Waals surface area contributed by atoms with E-state index in [0.29, 0.717) is 31.1 Å². The van der Waals surface area contributed by atoms with Crippen LogP contribution in [0.5, 0.6) is 0 Å². The van der Waals surface area contributed by atoms with Gasteiger partial charge in [-0.1, -0.05) is 32.0 Å². The van der Waals surface area contributed by atoms with Crippen molar-refractivity contribution in [3.05, 3.63) is 54.0 Å². The zero-order chi connectivity index (χ0) is 17.2. The van der Waals surface area contributed by atoms with E-state index in [4.69, 9.17) is 4.42 Å². The van der Waals surface area contributed by atoms with Gasteiger partial charge >= 0.3 is 0 Å². The Morgan fingerprint density at radius 3 is 2.50 bits per heavy atom. The third-order valence-electron chi connectivity index (χ3n) is 4.45. The van der Waals surface area contributed by atoms with Crippen LogP contribution >= 0.6 is 0 Å². The van der Waals surface area contributed by atoms with Crippen molar-refractivity contribution in [1.82, 2.24) is 5.32 Å². The van der Waals surface area contributed by atoms with E-state index in [1.807, 2.05) is 24.3 Å². The summed E-state index contributed by atoms with van der Waals surface area (Å²) < 4.78 is 5.20. The highest BCUT2D eigenvalue weighted by atomic mass is 16.3. The van der Waals surface area contributed by atoms with Crippen molar-refractivity contribution < 1.29 is 14.0 Å². The third-order valence-corrected chi connectivity index (χ3v) is 4.45. The molecule has 3 rings (SSSR count). The molecule has 5 nitrogen and oxygen atoms in total.